The van der Waals surface area contributed by atoms with E-state index in [1.807, 2.05) is 19.1 Å². The molecule has 0 atom stereocenters. The highest BCUT2D eigenvalue weighted by Gasteiger charge is 2.52. The van der Waals surface area contributed by atoms with Crippen LogP contribution in [0.4, 0.5) is 0 Å². The second-order valence-electron chi connectivity index (χ2n) is 5.39. The van der Waals surface area contributed by atoms with Crippen molar-refractivity contribution in [2.24, 2.45) is 22.2 Å². The smallest absolute Gasteiger partial charge is 0.234 e. The fourth-order valence-electron chi connectivity index (χ4n) is 2.69. The molecule has 0 aliphatic heterocycles. The van der Waals surface area contributed by atoms with E-state index in [9.17, 15) is 4.79 Å². The second kappa shape index (κ2) is 5.71. The standard InChI is InChI=1S/C14H18ClN3O2/c1-9-6-14(7-9,12(16)18-20)13(19)17-8-10-2-4-11(15)5-3-10/h2-5,9,20H,6-8H2,1H3,(H2,16,18)(H,17,19). The fraction of sp³-hybridized carbons (Fsp3) is 0.429. The Morgan fingerprint density at radius 2 is 2.10 bits per heavy atom. The number of nitrogens with two attached hydrogens (primary N) is 1. The Kier molecular flexibility index (Phi) is 4.18. The number of halogens is 1. The minimum absolute atomic E-state index is 0.00999. The summed E-state index contributed by atoms with van der Waals surface area (Å²) in [5.41, 5.74) is 5.78. The molecule has 0 unspecified atom stereocenters. The Morgan fingerprint density at radius 3 is 2.60 bits per heavy atom. The van der Waals surface area contributed by atoms with E-state index < -0.39 is 5.41 Å². The Hall–Kier alpha value is -1.75. The van der Waals surface area contributed by atoms with Crippen LogP contribution in [-0.2, 0) is 11.3 Å². The molecule has 0 spiro atoms. The lowest BCUT2D eigenvalue weighted by molar-refractivity contribution is -0.133. The third kappa shape index (κ3) is 2.72. The lowest BCUT2D eigenvalue weighted by atomic mass is 9.61. The third-order valence-corrected chi connectivity index (χ3v) is 4.04. The van der Waals surface area contributed by atoms with Crippen LogP contribution in [0.3, 0.4) is 0 Å². The van der Waals surface area contributed by atoms with Crippen LogP contribution in [-0.4, -0.2) is 17.0 Å². The van der Waals surface area contributed by atoms with Gasteiger partial charge < -0.3 is 16.3 Å². The van der Waals surface area contributed by atoms with Gasteiger partial charge in [0.05, 0.1) is 0 Å². The summed E-state index contributed by atoms with van der Waals surface area (Å²) in [6, 6.07) is 7.24. The lowest BCUT2D eigenvalue weighted by Crippen LogP contribution is -2.56. The average molecular weight is 296 g/mol. The van der Waals surface area contributed by atoms with Crippen molar-refractivity contribution >= 4 is 23.3 Å². The number of amides is 1. The summed E-state index contributed by atoms with van der Waals surface area (Å²) in [4.78, 5) is 12.3. The molecule has 1 fully saturated rings. The molecular formula is C14H18ClN3O2. The van der Waals surface area contributed by atoms with E-state index in [1.54, 1.807) is 12.1 Å². The van der Waals surface area contributed by atoms with Crippen LogP contribution in [0.15, 0.2) is 29.4 Å². The summed E-state index contributed by atoms with van der Waals surface area (Å²) in [6.07, 6.45) is 1.21. The molecule has 1 aromatic carbocycles. The van der Waals surface area contributed by atoms with Gasteiger partial charge in [-0.3, -0.25) is 4.79 Å². The van der Waals surface area contributed by atoms with Crippen LogP contribution < -0.4 is 11.1 Å². The van der Waals surface area contributed by atoms with Gasteiger partial charge in [-0.1, -0.05) is 35.8 Å². The topological polar surface area (TPSA) is 87.7 Å². The average Bonchev–Trinajstić information content (AvgIpc) is 2.41. The maximum Gasteiger partial charge on any atom is 0.234 e. The van der Waals surface area contributed by atoms with Crippen molar-refractivity contribution in [2.45, 2.75) is 26.3 Å². The van der Waals surface area contributed by atoms with E-state index in [2.05, 4.69) is 10.5 Å². The molecule has 0 bridgehead atoms. The second-order valence-corrected chi connectivity index (χ2v) is 5.83. The van der Waals surface area contributed by atoms with Gasteiger partial charge in [0.1, 0.15) is 5.41 Å². The minimum atomic E-state index is -0.861. The third-order valence-electron chi connectivity index (χ3n) is 3.79. The van der Waals surface area contributed by atoms with E-state index >= 15 is 0 Å². The van der Waals surface area contributed by atoms with Gasteiger partial charge in [-0.05, 0) is 36.5 Å². The van der Waals surface area contributed by atoms with E-state index in [0.29, 0.717) is 30.3 Å². The van der Waals surface area contributed by atoms with E-state index in [0.717, 1.165) is 5.56 Å². The predicted molar refractivity (Wildman–Crippen MR) is 77.5 cm³/mol. The molecule has 4 N–H and O–H groups in total. The molecule has 0 heterocycles. The first kappa shape index (κ1) is 14.7. The Morgan fingerprint density at radius 1 is 1.50 bits per heavy atom. The molecule has 1 aromatic rings. The summed E-state index contributed by atoms with van der Waals surface area (Å²) in [5.74, 6) is 0.196. The van der Waals surface area contributed by atoms with Crippen molar-refractivity contribution in [3.05, 3.63) is 34.9 Å². The number of carbonyl (C=O) groups is 1. The summed E-state index contributed by atoms with van der Waals surface area (Å²) < 4.78 is 0. The molecule has 0 radical (unpaired) electrons. The van der Waals surface area contributed by atoms with Crippen molar-refractivity contribution in [2.75, 3.05) is 0 Å². The quantitative estimate of drug-likeness (QED) is 0.344. The van der Waals surface area contributed by atoms with Gasteiger partial charge in [-0.2, -0.15) is 0 Å². The highest BCUT2D eigenvalue weighted by Crippen LogP contribution is 2.45. The number of amidine groups is 1. The molecule has 108 valence electrons. The van der Waals surface area contributed by atoms with Crippen LogP contribution in [0.5, 0.6) is 0 Å². The maximum atomic E-state index is 12.3. The molecule has 1 aliphatic rings. The summed E-state index contributed by atoms with van der Waals surface area (Å²) >= 11 is 5.81. The Labute approximate surface area is 122 Å². The number of oxime groups is 1. The molecule has 2 rings (SSSR count). The monoisotopic (exact) mass is 295 g/mol. The molecule has 1 aliphatic carbocycles. The lowest BCUT2D eigenvalue weighted by Gasteiger charge is -2.43. The van der Waals surface area contributed by atoms with Crippen molar-refractivity contribution in [3.63, 3.8) is 0 Å². The summed E-state index contributed by atoms with van der Waals surface area (Å²) in [6.45, 7) is 2.43. The zero-order chi connectivity index (χ0) is 14.8. The van der Waals surface area contributed by atoms with Crippen molar-refractivity contribution in [1.82, 2.24) is 5.32 Å². The van der Waals surface area contributed by atoms with Crippen molar-refractivity contribution in [3.8, 4) is 0 Å². The Balaban J connectivity index is 2.01. The molecule has 1 saturated carbocycles. The van der Waals surface area contributed by atoms with Gasteiger partial charge in [0.25, 0.3) is 0 Å². The zero-order valence-electron chi connectivity index (χ0n) is 11.3. The maximum absolute atomic E-state index is 12.3. The molecule has 0 saturated heterocycles. The number of rotatable bonds is 4. The first-order valence-corrected chi connectivity index (χ1v) is 6.86. The highest BCUT2D eigenvalue weighted by atomic mass is 35.5. The largest absolute Gasteiger partial charge is 0.409 e. The van der Waals surface area contributed by atoms with Crippen LogP contribution in [0.25, 0.3) is 0 Å². The number of hydrogen-bond acceptors (Lipinski definition) is 3. The van der Waals surface area contributed by atoms with Crippen LogP contribution >= 0.6 is 11.6 Å². The first-order valence-electron chi connectivity index (χ1n) is 6.48. The van der Waals surface area contributed by atoms with E-state index in [1.165, 1.54) is 0 Å². The van der Waals surface area contributed by atoms with E-state index in [-0.39, 0.29) is 11.7 Å². The number of hydrogen-bond donors (Lipinski definition) is 3. The minimum Gasteiger partial charge on any atom is -0.409 e. The van der Waals surface area contributed by atoms with Crippen LogP contribution in [0.1, 0.15) is 25.3 Å². The number of nitrogens with one attached hydrogen (secondary N) is 1. The summed E-state index contributed by atoms with van der Waals surface area (Å²) in [5, 5.41) is 15.4. The van der Waals surface area contributed by atoms with Gasteiger partial charge in [-0.15, -0.1) is 0 Å². The molecular weight excluding hydrogens is 278 g/mol. The van der Waals surface area contributed by atoms with Gasteiger partial charge in [0.15, 0.2) is 5.84 Å². The molecule has 5 nitrogen and oxygen atoms in total. The number of benzene rings is 1. The van der Waals surface area contributed by atoms with Gasteiger partial charge in [0, 0.05) is 11.6 Å². The fourth-order valence-corrected chi connectivity index (χ4v) is 2.82. The zero-order valence-corrected chi connectivity index (χ0v) is 12.0. The van der Waals surface area contributed by atoms with Crippen molar-refractivity contribution < 1.29 is 10.0 Å². The van der Waals surface area contributed by atoms with Gasteiger partial charge >= 0.3 is 0 Å². The number of nitrogens with zero attached hydrogens (tertiary/aromatic N) is 1. The van der Waals surface area contributed by atoms with E-state index in [4.69, 9.17) is 22.5 Å². The Bertz CT molecular complexity index is 522. The first-order chi connectivity index (χ1) is 9.48. The van der Waals surface area contributed by atoms with Crippen molar-refractivity contribution in [1.29, 1.82) is 0 Å². The molecule has 0 aromatic heterocycles. The molecule has 6 heteroatoms. The van der Waals surface area contributed by atoms with Crippen LogP contribution in [0, 0.1) is 11.3 Å². The SMILES string of the molecule is CC1CC(C(=O)NCc2ccc(Cl)cc2)(/C(N)=N/O)C1. The number of carbonyl (C=O) groups excluding carboxylic acids is 1. The van der Waals surface area contributed by atoms with Gasteiger partial charge in [0.2, 0.25) is 5.91 Å². The normalized spacial score (nSPS) is 25.9. The molecule has 1 amide bonds. The summed E-state index contributed by atoms with van der Waals surface area (Å²) in [7, 11) is 0. The van der Waals surface area contributed by atoms with Gasteiger partial charge in [-0.25, -0.2) is 0 Å². The predicted octanol–water partition coefficient (Wildman–Crippen LogP) is 2.12. The highest BCUT2D eigenvalue weighted by molar-refractivity contribution is 6.30. The molecule has 20 heavy (non-hydrogen) atoms. The van der Waals surface area contributed by atoms with Crippen LogP contribution in [0.2, 0.25) is 5.02 Å².